The molecule has 1 aliphatic carbocycles. The molecule has 0 atom stereocenters. The number of hydrogen-bond donors (Lipinski definition) is 0. The normalized spacial score (nSPS) is 11.9. The number of rotatable bonds is 22. The SMILES string of the molecule is CCCOCCOCCOCCOCCCS(=O)(=O)c1ccc(-c2c3ccc(=[N+](CC)CC)cc-3oc3cc(N(CC)CC)ccc23)c(C)c1. The molecular weight excluding hydrogens is 653 g/mol. The zero-order valence-electron chi connectivity index (χ0n) is 31.0. The molecule has 0 bridgehead atoms. The van der Waals surface area contributed by atoms with E-state index in [1.165, 1.54) is 0 Å². The van der Waals surface area contributed by atoms with E-state index in [4.69, 9.17) is 23.4 Å². The number of benzene rings is 3. The first-order chi connectivity index (χ1) is 24.3. The Morgan fingerprint density at radius 1 is 0.700 bits per heavy atom. The third-order valence-electron chi connectivity index (χ3n) is 8.94. The molecule has 1 heterocycles. The van der Waals surface area contributed by atoms with Crippen LogP contribution < -0.4 is 14.8 Å². The molecule has 274 valence electrons. The first-order valence-corrected chi connectivity index (χ1v) is 19.9. The summed E-state index contributed by atoms with van der Waals surface area (Å²) in [6.45, 7) is 20.4. The van der Waals surface area contributed by atoms with E-state index < -0.39 is 9.84 Å². The van der Waals surface area contributed by atoms with Gasteiger partial charge in [-0.15, -0.1) is 0 Å². The molecule has 50 heavy (non-hydrogen) atoms. The first-order valence-electron chi connectivity index (χ1n) is 18.3. The molecule has 0 radical (unpaired) electrons. The lowest BCUT2D eigenvalue weighted by molar-refractivity contribution is -0.00159. The minimum Gasteiger partial charge on any atom is -0.456 e. The number of fused-ring (bicyclic) bond motifs is 2. The first kappa shape index (κ1) is 39.5. The standard InChI is InChI=1S/C40H57N2O7S/c1-7-19-45-21-23-47-25-26-48-24-22-46-20-12-27-50(43,44)34-15-18-35(31(6)28-34)40-36-16-13-32(41(8-2)9-3)29-38(36)49-39-30-33(14-17-37(39)40)42(10-4)11-5/h13-18,28-30H,7-12,19-27H2,1-6H3/q+1. The number of ether oxygens (including phenoxy) is 4. The molecule has 2 aromatic carbocycles. The average Bonchev–Trinajstić information content (AvgIpc) is 3.11. The van der Waals surface area contributed by atoms with Gasteiger partial charge in [-0.25, -0.2) is 13.0 Å². The van der Waals surface area contributed by atoms with Crippen molar-refractivity contribution in [2.45, 2.75) is 59.3 Å². The van der Waals surface area contributed by atoms with Crippen LogP contribution in [-0.2, 0) is 28.8 Å². The van der Waals surface area contributed by atoms with E-state index in [0.717, 1.165) is 89.2 Å². The second-order valence-corrected chi connectivity index (χ2v) is 14.4. The van der Waals surface area contributed by atoms with E-state index in [1.807, 2.05) is 13.0 Å². The highest BCUT2D eigenvalue weighted by atomic mass is 32.2. The molecule has 0 saturated carbocycles. The van der Waals surface area contributed by atoms with Crippen molar-refractivity contribution in [3.63, 3.8) is 0 Å². The van der Waals surface area contributed by atoms with Gasteiger partial charge in [0, 0.05) is 60.6 Å². The largest absolute Gasteiger partial charge is 0.456 e. The van der Waals surface area contributed by atoms with Crippen LogP contribution in [0.2, 0.25) is 0 Å². The van der Waals surface area contributed by atoms with Crippen molar-refractivity contribution < 1.29 is 31.8 Å². The monoisotopic (exact) mass is 709 g/mol. The van der Waals surface area contributed by atoms with Crippen molar-refractivity contribution in [2.75, 3.05) is 89.7 Å². The molecule has 0 amide bonds. The van der Waals surface area contributed by atoms with Gasteiger partial charge >= 0.3 is 0 Å². The quantitative estimate of drug-likeness (QED) is 0.0500. The third-order valence-corrected chi connectivity index (χ3v) is 10.7. The lowest BCUT2D eigenvalue weighted by Crippen LogP contribution is -2.29. The van der Waals surface area contributed by atoms with Crippen LogP contribution in [0.3, 0.4) is 0 Å². The molecule has 0 N–H and O–H groups in total. The van der Waals surface area contributed by atoms with Gasteiger partial charge in [-0.05, 0) is 88.9 Å². The fourth-order valence-corrected chi connectivity index (χ4v) is 7.58. The molecule has 2 aromatic rings. The predicted octanol–water partition coefficient (Wildman–Crippen LogP) is 6.81. The summed E-state index contributed by atoms with van der Waals surface area (Å²) < 4.78 is 57.6. The summed E-state index contributed by atoms with van der Waals surface area (Å²) >= 11 is 0. The highest BCUT2D eigenvalue weighted by Gasteiger charge is 2.22. The molecule has 0 aromatic heterocycles. The van der Waals surface area contributed by atoms with Gasteiger partial charge in [-0.1, -0.05) is 13.0 Å². The third kappa shape index (κ3) is 10.4. The summed E-state index contributed by atoms with van der Waals surface area (Å²) in [5.41, 5.74) is 5.83. The Morgan fingerprint density at radius 2 is 1.32 bits per heavy atom. The molecule has 0 unspecified atom stereocenters. The van der Waals surface area contributed by atoms with E-state index in [9.17, 15) is 8.42 Å². The van der Waals surface area contributed by atoms with Gasteiger partial charge < -0.3 is 28.3 Å². The van der Waals surface area contributed by atoms with Crippen LogP contribution in [-0.4, -0.2) is 93.2 Å². The molecule has 0 fully saturated rings. The van der Waals surface area contributed by atoms with Gasteiger partial charge in [0.25, 0.3) is 0 Å². The maximum Gasteiger partial charge on any atom is 0.203 e. The van der Waals surface area contributed by atoms with Crippen molar-refractivity contribution in [3.8, 4) is 22.5 Å². The lowest BCUT2D eigenvalue weighted by atomic mass is 9.91. The van der Waals surface area contributed by atoms with Gasteiger partial charge in [0.15, 0.2) is 9.84 Å². The van der Waals surface area contributed by atoms with Crippen LogP contribution in [0.1, 0.15) is 53.0 Å². The van der Waals surface area contributed by atoms with Crippen LogP contribution in [0.25, 0.3) is 33.4 Å². The van der Waals surface area contributed by atoms with Gasteiger partial charge in [-0.2, -0.15) is 0 Å². The van der Waals surface area contributed by atoms with Gasteiger partial charge in [0.05, 0.1) is 56.4 Å². The van der Waals surface area contributed by atoms with E-state index >= 15 is 0 Å². The second kappa shape index (κ2) is 19.9. The van der Waals surface area contributed by atoms with Crippen LogP contribution in [0.4, 0.5) is 5.69 Å². The van der Waals surface area contributed by atoms with Crippen LogP contribution in [0.5, 0.6) is 0 Å². The summed E-state index contributed by atoms with van der Waals surface area (Å²) in [5.74, 6) is 0.815. The Hall–Kier alpha value is -3.28. The molecule has 0 saturated heterocycles. The van der Waals surface area contributed by atoms with Crippen LogP contribution in [0.15, 0.2) is 63.9 Å². The predicted molar refractivity (Wildman–Crippen MR) is 203 cm³/mol. The van der Waals surface area contributed by atoms with Crippen molar-refractivity contribution in [3.05, 3.63) is 65.5 Å². The fourth-order valence-electron chi connectivity index (χ4n) is 6.21. The van der Waals surface area contributed by atoms with E-state index in [-0.39, 0.29) is 5.75 Å². The number of anilines is 1. The minimum absolute atomic E-state index is 0.0128. The van der Waals surface area contributed by atoms with Gasteiger partial charge in [0.1, 0.15) is 24.4 Å². The van der Waals surface area contributed by atoms with Crippen molar-refractivity contribution >= 4 is 26.5 Å². The molecule has 9 nitrogen and oxygen atoms in total. The van der Waals surface area contributed by atoms with Crippen molar-refractivity contribution in [1.29, 1.82) is 0 Å². The van der Waals surface area contributed by atoms with Gasteiger partial charge in [-0.3, -0.25) is 0 Å². The molecule has 4 rings (SSSR count). The number of hydrogen-bond acceptors (Lipinski definition) is 8. The maximum absolute atomic E-state index is 13.4. The summed E-state index contributed by atoms with van der Waals surface area (Å²) in [5, 5.41) is 2.11. The van der Waals surface area contributed by atoms with Crippen LogP contribution in [0, 0.1) is 6.92 Å². The van der Waals surface area contributed by atoms with Crippen LogP contribution >= 0.6 is 0 Å². The fraction of sp³-hybridized carbons (Fsp3) is 0.525. The minimum atomic E-state index is -3.49. The Labute approximate surface area is 299 Å². The Bertz CT molecular complexity index is 1790. The Balaban J connectivity index is 1.47. The zero-order valence-corrected chi connectivity index (χ0v) is 31.8. The summed E-state index contributed by atoms with van der Waals surface area (Å²) in [7, 11) is -3.49. The summed E-state index contributed by atoms with van der Waals surface area (Å²) in [6.07, 6.45) is 1.41. The van der Waals surface area contributed by atoms with E-state index in [2.05, 4.69) is 80.5 Å². The highest BCUT2D eigenvalue weighted by molar-refractivity contribution is 7.91. The maximum atomic E-state index is 13.4. The number of sulfone groups is 1. The second-order valence-electron chi connectivity index (χ2n) is 12.3. The molecule has 2 aliphatic rings. The Morgan fingerprint density at radius 3 is 1.92 bits per heavy atom. The highest BCUT2D eigenvalue weighted by Crippen LogP contribution is 2.42. The van der Waals surface area contributed by atoms with Crippen molar-refractivity contribution in [2.24, 2.45) is 0 Å². The van der Waals surface area contributed by atoms with Gasteiger partial charge in [0.2, 0.25) is 5.36 Å². The summed E-state index contributed by atoms with van der Waals surface area (Å²) in [6, 6.07) is 18.3. The Kier molecular flexibility index (Phi) is 15.8. The summed E-state index contributed by atoms with van der Waals surface area (Å²) in [4.78, 5) is 2.63. The molecular formula is C40H57N2O7S+. The average molecular weight is 710 g/mol. The molecule has 10 heteroatoms. The molecule has 1 aliphatic heterocycles. The topological polar surface area (TPSA) is 90.5 Å². The lowest BCUT2D eigenvalue weighted by Gasteiger charge is -2.22. The van der Waals surface area contributed by atoms with E-state index in [0.29, 0.717) is 57.6 Å². The number of aryl methyl sites for hydroxylation is 1. The van der Waals surface area contributed by atoms with Crippen molar-refractivity contribution in [1.82, 2.24) is 4.58 Å². The zero-order chi connectivity index (χ0) is 35.9. The number of nitrogens with zero attached hydrogens (tertiary/aromatic N) is 2. The van der Waals surface area contributed by atoms with E-state index in [1.54, 1.807) is 12.1 Å². The smallest absolute Gasteiger partial charge is 0.203 e. The molecule has 0 spiro atoms.